The van der Waals surface area contributed by atoms with Crippen LogP contribution in [-0.4, -0.2) is 51.6 Å². The lowest BCUT2D eigenvalue weighted by atomic mass is 9.68. The summed E-state index contributed by atoms with van der Waals surface area (Å²) in [6.07, 6.45) is 2.50. The fourth-order valence-corrected chi connectivity index (χ4v) is 6.81. The summed E-state index contributed by atoms with van der Waals surface area (Å²) in [6, 6.07) is 21.9. The van der Waals surface area contributed by atoms with Crippen molar-refractivity contribution in [1.29, 1.82) is 0 Å². The van der Waals surface area contributed by atoms with Gasteiger partial charge in [-0.1, -0.05) is 52.7 Å². The van der Waals surface area contributed by atoms with Crippen molar-refractivity contribution in [1.82, 2.24) is 0 Å². The summed E-state index contributed by atoms with van der Waals surface area (Å²) in [6.45, 7) is 1.18. The molecule has 1 fully saturated rings. The molecule has 5 rings (SSSR count). The third-order valence-corrected chi connectivity index (χ3v) is 9.15. The molecular formula is C35H37BrN2O6. The van der Waals surface area contributed by atoms with Crippen LogP contribution in [0.4, 0.5) is 17.1 Å². The molecule has 0 saturated carbocycles. The van der Waals surface area contributed by atoms with Crippen molar-refractivity contribution in [3.05, 3.63) is 99.6 Å². The molecule has 1 saturated heterocycles. The molecule has 1 aliphatic heterocycles. The maximum Gasteiger partial charge on any atom is 0.238 e. The van der Waals surface area contributed by atoms with Gasteiger partial charge in [0.1, 0.15) is 5.75 Å². The molecule has 1 aliphatic carbocycles. The van der Waals surface area contributed by atoms with Crippen molar-refractivity contribution < 1.29 is 30.0 Å². The van der Waals surface area contributed by atoms with Crippen LogP contribution < -0.4 is 10.2 Å². The Labute approximate surface area is 265 Å². The number of aliphatic hydroxyl groups is 3. The first-order chi connectivity index (χ1) is 21.2. The lowest BCUT2D eigenvalue weighted by molar-refractivity contribution is -0.123. The molecule has 5 N–H and O–H groups in total. The number of imide groups is 1. The van der Waals surface area contributed by atoms with E-state index < -0.39 is 36.4 Å². The zero-order chi connectivity index (χ0) is 31.4. The van der Waals surface area contributed by atoms with Gasteiger partial charge in [0.25, 0.3) is 0 Å². The highest BCUT2D eigenvalue weighted by atomic mass is 79.9. The lowest BCUT2D eigenvalue weighted by Gasteiger charge is -2.36. The fourth-order valence-electron chi connectivity index (χ4n) is 6.43. The molecule has 2 aliphatic rings. The SMILES string of the molecule is CC/C(=C\c1cc(Br)ccc1O)CC[C@@H](O)C1=C(CO)C[C@H]2C(=O)N(c3ccc(Nc4ccccc4)cc3)C(=O)[C@H]2[C@H]1CO. The Morgan fingerprint density at radius 2 is 1.73 bits per heavy atom. The lowest BCUT2D eigenvalue weighted by Crippen LogP contribution is -2.39. The number of aliphatic hydroxyl groups excluding tert-OH is 3. The van der Waals surface area contributed by atoms with E-state index in [1.165, 1.54) is 4.90 Å². The van der Waals surface area contributed by atoms with Gasteiger partial charge >= 0.3 is 0 Å². The number of amides is 2. The Balaban J connectivity index is 1.34. The van der Waals surface area contributed by atoms with Crippen molar-refractivity contribution >= 4 is 50.9 Å². The minimum absolute atomic E-state index is 0.140. The van der Waals surface area contributed by atoms with E-state index in [9.17, 15) is 30.0 Å². The highest BCUT2D eigenvalue weighted by Crippen LogP contribution is 2.47. The monoisotopic (exact) mass is 660 g/mol. The molecule has 44 heavy (non-hydrogen) atoms. The predicted octanol–water partition coefficient (Wildman–Crippen LogP) is 5.94. The summed E-state index contributed by atoms with van der Waals surface area (Å²) >= 11 is 3.43. The average Bonchev–Trinajstić information content (AvgIpc) is 3.29. The minimum atomic E-state index is -1.03. The second-order valence-corrected chi connectivity index (χ2v) is 12.2. The summed E-state index contributed by atoms with van der Waals surface area (Å²) in [5.74, 6) is -3.00. The third-order valence-electron chi connectivity index (χ3n) is 8.66. The zero-order valence-corrected chi connectivity index (χ0v) is 26.1. The normalized spacial score (nSPS) is 21.1. The molecule has 3 aromatic carbocycles. The number of para-hydroxylation sites is 1. The van der Waals surface area contributed by atoms with Crippen molar-refractivity contribution in [3.63, 3.8) is 0 Å². The van der Waals surface area contributed by atoms with Gasteiger partial charge in [0, 0.05) is 27.3 Å². The van der Waals surface area contributed by atoms with Crippen molar-refractivity contribution in [2.24, 2.45) is 17.8 Å². The number of nitrogens with one attached hydrogen (secondary N) is 1. The summed E-state index contributed by atoms with van der Waals surface area (Å²) in [5.41, 5.74) is 4.75. The molecule has 0 spiro atoms. The highest BCUT2D eigenvalue weighted by molar-refractivity contribution is 9.10. The first-order valence-corrected chi connectivity index (χ1v) is 15.6. The Morgan fingerprint density at radius 1 is 1.02 bits per heavy atom. The van der Waals surface area contributed by atoms with E-state index in [-0.39, 0.29) is 24.7 Å². The standard InChI is InChI=1S/C35H37BrN2O6/c1-2-21(16-22-17-24(36)9-15-30(22)41)8-14-31(42)32-23(19-39)18-28-33(29(32)20-40)35(44)38(34(28)43)27-12-10-26(11-13-27)37-25-6-4-3-5-7-25/h3-7,9-13,15-17,28-29,31,33,37,39-42H,2,8,14,18-20H2,1H3/b21-16+/t28-,29+,31-,33-/m1/s1. The molecule has 3 aromatic rings. The van der Waals surface area contributed by atoms with Crippen LogP contribution in [0.5, 0.6) is 5.75 Å². The molecule has 0 unspecified atom stereocenters. The number of aromatic hydroxyl groups is 1. The number of allylic oxidation sites excluding steroid dienone is 1. The van der Waals surface area contributed by atoms with E-state index >= 15 is 0 Å². The number of anilines is 3. The Hall–Kier alpha value is -3.76. The van der Waals surface area contributed by atoms with E-state index in [4.69, 9.17) is 0 Å². The van der Waals surface area contributed by atoms with Crippen molar-refractivity contribution in [2.75, 3.05) is 23.4 Å². The zero-order valence-electron chi connectivity index (χ0n) is 24.5. The minimum Gasteiger partial charge on any atom is -0.507 e. The Bertz CT molecular complexity index is 1570. The average molecular weight is 662 g/mol. The van der Waals surface area contributed by atoms with Gasteiger partial charge in [0.2, 0.25) is 11.8 Å². The molecule has 0 aromatic heterocycles. The molecule has 4 atom stereocenters. The second-order valence-electron chi connectivity index (χ2n) is 11.3. The van der Waals surface area contributed by atoms with Crippen LogP contribution >= 0.6 is 15.9 Å². The first-order valence-electron chi connectivity index (χ1n) is 14.8. The van der Waals surface area contributed by atoms with E-state index in [2.05, 4.69) is 21.2 Å². The number of benzene rings is 3. The largest absolute Gasteiger partial charge is 0.507 e. The first kappa shape index (κ1) is 31.7. The number of halogens is 1. The molecule has 1 heterocycles. The number of hydrogen-bond donors (Lipinski definition) is 5. The number of phenols is 1. The van der Waals surface area contributed by atoms with E-state index in [0.717, 1.165) is 21.4 Å². The number of hydrogen-bond acceptors (Lipinski definition) is 7. The van der Waals surface area contributed by atoms with Crippen molar-refractivity contribution in [3.8, 4) is 5.75 Å². The molecule has 2 amide bonds. The highest BCUT2D eigenvalue weighted by Gasteiger charge is 2.55. The van der Waals surface area contributed by atoms with Gasteiger partial charge < -0.3 is 25.7 Å². The Kier molecular flexibility index (Phi) is 10.0. The smallest absolute Gasteiger partial charge is 0.238 e. The summed E-state index contributed by atoms with van der Waals surface area (Å²) in [4.78, 5) is 28.6. The van der Waals surface area contributed by atoms with Crippen molar-refractivity contribution in [2.45, 2.75) is 38.7 Å². The molecule has 230 valence electrons. The number of carbonyl (C=O) groups excluding carboxylic acids is 2. The van der Waals surface area contributed by atoms with Gasteiger partial charge in [-0.15, -0.1) is 0 Å². The molecule has 0 bridgehead atoms. The fraction of sp³-hybridized carbons (Fsp3) is 0.314. The molecule has 8 nitrogen and oxygen atoms in total. The van der Waals surface area contributed by atoms with Gasteiger partial charge in [-0.3, -0.25) is 14.5 Å². The van der Waals surface area contributed by atoms with Crippen LogP contribution in [0.15, 0.2) is 94.0 Å². The van der Waals surface area contributed by atoms with Crippen LogP contribution in [0.25, 0.3) is 6.08 Å². The summed E-state index contributed by atoms with van der Waals surface area (Å²) in [5, 5.41) is 45.8. The summed E-state index contributed by atoms with van der Waals surface area (Å²) < 4.78 is 0.835. The van der Waals surface area contributed by atoms with Gasteiger partial charge in [-0.25, -0.2) is 0 Å². The van der Waals surface area contributed by atoms with Gasteiger partial charge in [0.05, 0.1) is 36.8 Å². The number of nitrogens with zero attached hydrogens (tertiary/aromatic N) is 1. The maximum absolute atomic E-state index is 13.8. The number of rotatable bonds is 11. The summed E-state index contributed by atoms with van der Waals surface area (Å²) in [7, 11) is 0. The molecule has 9 heteroatoms. The topological polar surface area (TPSA) is 130 Å². The van der Waals surface area contributed by atoms with Crippen LogP contribution in [0.3, 0.4) is 0 Å². The molecular weight excluding hydrogens is 624 g/mol. The predicted molar refractivity (Wildman–Crippen MR) is 174 cm³/mol. The van der Waals surface area contributed by atoms with Gasteiger partial charge in [-0.05, 0) is 91.4 Å². The maximum atomic E-state index is 13.8. The van der Waals surface area contributed by atoms with Gasteiger partial charge in [-0.2, -0.15) is 0 Å². The van der Waals surface area contributed by atoms with E-state index in [1.54, 1.807) is 36.4 Å². The van der Waals surface area contributed by atoms with Gasteiger partial charge in [0.15, 0.2) is 0 Å². The number of carbonyl (C=O) groups is 2. The molecule has 0 radical (unpaired) electrons. The van der Waals surface area contributed by atoms with E-state index in [0.29, 0.717) is 41.7 Å². The van der Waals surface area contributed by atoms with Crippen LogP contribution in [-0.2, 0) is 9.59 Å². The number of fused-ring (bicyclic) bond motifs is 1. The quantitative estimate of drug-likeness (QED) is 0.127. The van der Waals surface area contributed by atoms with Crippen LogP contribution in [0.1, 0.15) is 38.2 Å². The van der Waals surface area contributed by atoms with Crippen LogP contribution in [0, 0.1) is 17.8 Å². The number of phenolic OH excluding ortho intramolecular Hbond substituents is 1. The van der Waals surface area contributed by atoms with Crippen LogP contribution in [0.2, 0.25) is 0 Å². The third kappa shape index (κ3) is 6.51. The van der Waals surface area contributed by atoms with E-state index in [1.807, 2.05) is 49.4 Å². The Morgan fingerprint density at radius 3 is 2.39 bits per heavy atom. The second kappa shape index (κ2) is 13.9.